The van der Waals surface area contributed by atoms with Crippen LogP contribution >= 0.6 is 11.3 Å². The van der Waals surface area contributed by atoms with Crippen LogP contribution in [0.25, 0.3) is 0 Å². The summed E-state index contributed by atoms with van der Waals surface area (Å²) in [5.41, 5.74) is 0. The average Bonchev–Trinajstić information content (AvgIpc) is 3.07. The largest absolute Gasteiger partial charge is 0.490 e. The van der Waals surface area contributed by atoms with Crippen LogP contribution < -0.4 is 14.8 Å². The first-order chi connectivity index (χ1) is 13.0. The van der Waals surface area contributed by atoms with Crippen LogP contribution in [-0.4, -0.2) is 44.9 Å². The Morgan fingerprint density at radius 3 is 2.70 bits per heavy atom. The molecule has 1 aromatic carbocycles. The maximum Gasteiger partial charge on any atom is 0.243 e. The topological polar surface area (TPSA) is 84.9 Å². The molecule has 27 heavy (non-hydrogen) atoms. The Hall–Kier alpha value is -2.10. The van der Waals surface area contributed by atoms with Gasteiger partial charge in [-0.3, -0.25) is 4.79 Å². The molecule has 0 aliphatic carbocycles. The number of thiophene rings is 1. The first-order valence-electron chi connectivity index (χ1n) is 8.69. The van der Waals surface area contributed by atoms with Crippen molar-refractivity contribution in [1.82, 2.24) is 9.62 Å². The molecule has 0 atom stereocenters. The predicted molar refractivity (Wildman–Crippen MR) is 103 cm³/mol. The van der Waals surface area contributed by atoms with Crippen LogP contribution in [0.1, 0.15) is 18.2 Å². The Morgan fingerprint density at radius 1 is 1.22 bits per heavy atom. The number of rotatable bonds is 7. The molecule has 7 nitrogen and oxygen atoms in total. The number of sulfonamides is 1. The third kappa shape index (κ3) is 4.79. The van der Waals surface area contributed by atoms with Crippen molar-refractivity contribution in [2.75, 3.05) is 26.3 Å². The lowest BCUT2D eigenvalue weighted by Gasteiger charge is -2.20. The van der Waals surface area contributed by atoms with E-state index in [1.807, 2.05) is 17.5 Å². The maximum atomic E-state index is 13.0. The number of carbonyl (C=O) groups excluding carboxylic acids is 1. The molecule has 1 amide bonds. The van der Waals surface area contributed by atoms with Gasteiger partial charge in [0.1, 0.15) is 0 Å². The van der Waals surface area contributed by atoms with Gasteiger partial charge in [0.2, 0.25) is 15.9 Å². The molecule has 0 radical (unpaired) electrons. The summed E-state index contributed by atoms with van der Waals surface area (Å²) in [5.74, 6) is 0.595. The molecule has 146 valence electrons. The number of nitrogens with zero attached hydrogens (tertiary/aromatic N) is 1. The van der Waals surface area contributed by atoms with Crippen molar-refractivity contribution in [3.8, 4) is 11.5 Å². The van der Waals surface area contributed by atoms with E-state index in [1.54, 1.807) is 13.0 Å². The molecule has 2 aromatic rings. The standard InChI is InChI=1S/C18H22N2O5S2/c1-2-20(13-18(21)19-12-14-5-3-10-26-14)27(22,23)15-6-7-16-17(11-15)25-9-4-8-24-16/h3,5-7,10-11H,2,4,8-9,12-13H2,1H3,(H,19,21). The van der Waals surface area contributed by atoms with E-state index in [1.165, 1.54) is 23.5 Å². The normalized spacial score (nSPS) is 14.0. The van der Waals surface area contributed by atoms with Crippen LogP contribution in [-0.2, 0) is 21.4 Å². The van der Waals surface area contributed by atoms with Gasteiger partial charge in [-0.05, 0) is 23.6 Å². The number of fused-ring (bicyclic) bond motifs is 1. The molecule has 0 saturated carbocycles. The van der Waals surface area contributed by atoms with Crippen LogP contribution in [0.3, 0.4) is 0 Å². The Kier molecular flexibility index (Phi) is 6.35. The predicted octanol–water partition coefficient (Wildman–Crippen LogP) is 2.24. The number of benzene rings is 1. The minimum absolute atomic E-state index is 0.0830. The molecule has 1 aliphatic rings. The highest BCUT2D eigenvalue weighted by atomic mass is 32.2. The van der Waals surface area contributed by atoms with Crippen molar-refractivity contribution < 1.29 is 22.7 Å². The quantitative estimate of drug-likeness (QED) is 0.757. The van der Waals surface area contributed by atoms with Gasteiger partial charge >= 0.3 is 0 Å². The van der Waals surface area contributed by atoms with Crippen molar-refractivity contribution in [3.63, 3.8) is 0 Å². The van der Waals surface area contributed by atoms with Crippen LogP contribution in [0.4, 0.5) is 0 Å². The molecule has 0 spiro atoms. The van der Waals surface area contributed by atoms with Crippen molar-refractivity contribution in [3.05, 3.63) is 40.6 Å². The van der Waals surface area contributed by atoms with Crippen LogP contribution in [0, 0.1) is 0 Å². The van der Waals surface area contributed by atoms with Crippen molar-refractivity contribution in [2.45, 2.75) is 24.8 Å². The number of carbonyl (C=O) groups is 1. The highest BCUT2D eigenvalue weighted by molar-refractivity contribution is 7.89. The summed E-state index contributed by atoms with van der Waals surface area (Å²) < 4.78 is 38.2. The molecule has 9 heteroatoms. The fourth-order valence-corrected chi connectivity index (χ4v) is 4.70. The summed E-state index contributed by atoms with van der Waals surface area (Å²) in [5, 5.41) is 4.68. The smallest absolute Gasteiger partial charge is 0.243 e. The summed E-state index contributed by atoms with van der Waals surface area (Å²) in [4.78, 5) is 13.3. The molecular formula is C18H22N2O5S2. The minimum Gasteiger partial charge on any atom is -0.490 e. The van der Waals surface area contributed by atoms with Gasteiger partial charge in [0.05, 0.1) is 31.2 Å². The molecule has 2 heterocycles. The summed E-state index contributed by atoms with van der Waals surface area (Å²) >= 11 is 1.53. The van der Waals surface area contributed by atoms with E-state index in [0.717, 1.165) is 15.6 Å². The first-order valence-corrected chi connectivity index (χ1v) is 11.0. The van der Waals surface area contributed by atoms with E-state index in [0.29, 0.717) is 31.3 Å². The molecule has 0 fully saturated rings. The van der Waals surface area contributed by atoms with E-state index in [2.05, 4.69) is 5.32 Å². The van der Waals surface area contributed by atoms with Crippen LogP contribution in [0.15, 0.2) is 40.6 Å². The van der Waals surface area contributed by atoms with Gasteiger partial charge in [-0.2, -0.15) is 4.31 Å². The van der Waals surface area contributed by atoms with Gasteiger partial charge in [0, 0.05) is 23.9 Å². The SMILES string of the molecule is CCN(CC(=O)NCc1cccs1)S(=O)(=O)c1ccc2c(c1)OCCCO2. The molecule has 0 saturated heterocycles. The fourth-order valence-electron chi connectivity index (χ4n) is 2.63. The lowest BCUT2D eigenvalue weighted by Crippen LogP contribution is -2.40. The first kappa shape index (κ1) is 19.7. The number of hydrogen-bond donors (Lipinski definition) is 1. The van der Waals surface area contributed by atoms with Gasteiger partial charge in [-0.1, -0.05) is 13.0 Å². The second kappa shape index (κ2) is 8.73. The summed E-state index contributed by atoms with van der Waals surface area (Å²) in [6, 6.07) is 8.35. The lowest BCUT2D eigenvalue weighted by molar-refractivity contribution is -0.121. The van der Waals surface area contributed by atoms with E-state index in [-0.39, 0.29) is 23.9 Å². The Balaban J connectivity index is 1.71. The van der Waals surface area contributed by atoms with E-state index in [9.17, 15) is 13.2 Å². The van der Waals surface area contributed by atoms with Crippen LogP contribution in [0.2, 0.25) is 0 Å². The molecule has 0 bridgehead atoms. The van der Waals surface area contributed by atoms with Crippen molar-refractivity contribution in [2.24, 2.45) is 0 Å². The van der Waals surface area contributed by atoms with Gasteiger partial charge in [0.15, 0.2) is 11.5 Å². The summed E-state index contributed by atoms with van der Waals surface area (Å²) in [7, 11) is -3.82. The second-order valence-electron chi connectivity index (χ2n) is 5.95. The number of ether oxygens (including phenoxy) is 2. The maximum absolute atomic E-state index is 13.0. The number of amides is 1. The third-order valence-electron chi connectivity index (χ3n) is 4.07. The fraction of sp³-hybridized carbons (Fsp3) is 0.389. The zero-order chi connectivity index (χ0) is 19.3. The third-order valence-corrected chi connectivity index (χ3v) is 6.86. The average molecular weight is 411 g/mol. The number of hydrogen-bond acceptors (Lipinski definition) is 6. The highest BCUT2D eigenvalue weighted by Crippen LogP contribution is 2.32. The molecule has 3 rings (SSSR count). The molecule has 1 aliphatic heterocycles. The van der Waals surface area contributed by atoms with Gasteiger partial charge in [0.25, 0.3) is 0 Å². The Morgan fingerprint density at radius 2 is 2.00 bits per heavy atom. The van der Waals surface area contributed by atoms with Gasteiger partial charge < -0.3 is 14.8 Å². The van der Waals surface area contributed by atoms with Crippen molar-refractivity contribution >= 4 is 27.3 Å². The summed E-state index contributed by atoms with van der Waals surface area (Å²) in [6.45, 7) is 3.04. The second-order valence-corrected chi connectivity index (χ2v) is 8.92. The molecule has 0 unspecified atom stereocenters. The van der Waals surface area contributed by atoms with Gasteiger partial charge in [-0.15, -0.1) is 11.3 Å². The highest BCUT2D eigenvalue weighted by Gasteiger charge is 2.27. The minimum atomic E-state index is -3.82. The summed E-state index contributed by atoms with van der Waals surface area (Å²) in [6.07, 6.45) is 0.738. The Labute approximate surface area is 163 Å². The molecule has 1 N–H and O–H groups in total. The Bertz CT molecular complexity index is 881. The van der Waals surface area contributed by atoms with Crippen LogP contribution in [0.5, 0.6) is 11.5 Å². The van der Waals surface area contributed by atoms with Gasteiger partial charge in [-0.25, -0.2) is 8.42 Å². The molecular weight excluding hydrogens is 388 g/mol. The van der Waals surface area contributed by atoms with E-state index in [4.69, 9.17) is 9.47 Å². The van der Waals surface area contributed by atoms with E-state index < -0.39 is 10.0 Å². The van der Waals surface area contributed by atoms with Crippen molar-refractivity contribution in [1.29, 1.82) is 0 Å². The number of nitrogens with one attached hydrogen (secondary N) is 1. The number of likely N-dealkylation sites (N-methyl/N-ethyl adjacent to an activating group) is 1. The monoisotopic (exact) mass is 410 g/mol. The zero-order valence-corrected chi connectivity index (χ0v) is 16.6. The molecule has 1 aromatic heterocycles. The van der Waals surface area contributed by atoms with E-state index >= 15 is 0 Å². The lowest BCUT2D eigenvalue weighted by atomic mass is 10.3. The zero-order valence-electron chi connectivity index (χ0n) is 15.0.